The third-order valence-corrected chi connectivity index (χ3v) is 5.10. The van der Waals surface area contributed by atoms with Gasteiger partial charge < -0.3 is 5.73 Å². The van der Waals surface area contributed by atoms with E-state index in [0.717, 1.165) is 19.6 Å². The summed E-state index contributed by atoms with van der Waals surface area (Å²) in [5, 5.41) is 0. The number of benzene rings is 1. The fourth-order valence-electron chi connectivity index (χ4n) is 2.05. The van der Waals surface area contributed by atoms with Crippen LogP contribution in [0.1, 0.15) is 35.8 Å². The van der Waals surface area contributed by atoms with Crippen LogP contribution in [0.2, 0.25) is 0 Å². The number of hydrogen-bond acceptors (Lipinski definition) is 3. The van der Waals surface area contributed by atoms with Gasteiger partial charge in [-0.3, -0.25) is 0 Å². The van der Waals surface area contributed by atoms with Crippen LogP contribution in [-0.2, 0) is 6.42 Å². The van der Waals surface area contributed by atoms with E-state index < -0.39 is 0 Å². The molecule has 0 amide bonds. The Morgan fingerprint density at radius 2 is 2.00 bits per heavy atom. The lowest BCUT2D eigenvalue weighted by Crippen LogP contribution is -2.07. The van der Waals surface area contributed by atoms with Crippen LogP contribution in [0.3, 0.4) is 0 Å². The Hall–Kier alpha value is -0.690. The number of aromatic nitrogens is 2. The van der Waals surface area contributed by atoms with E-state index in [2.05, 4.69) is 49.6 Å². The van der Waals surface area contributed by atoms with Gasteiger partial charge in [0, 0.05) is 16.8 Å². The van der Waals surface area contributed by atoms with Crippen molar-refractivity contribution in [3.05, 3.63) is 49.4 Å². The fraction of sp³-hybridized carbons (Fsp3) is 0.286. The molecule has 3 nitrogen and oxygen atoms in total. The minimum atomic E-state index is 0.593. The summed E-state index contributed by atoms with van der Waals surface area (Å²) in [6.45, 7) is 0. The van der Waals surface area contributed by atoms with Crippen molar-refractivity contribution >= 4 is 44.3 Å². The smallest absolute Gasteiger partial charge is 0.140 e. The van der Waals surface area contributed by atoms with Gasteiger partial charge in [0.05, 0.1) is 9.26 Å². The van der Waals surface area contributed by atoms with Crippen LogP contribution in [0.15, 0.2) is 28.7 Å². The molecule has 0 spiro atoms. The van der Waals surface area contributed by atoms with E-state index in [4.69, 9.17) is 10.7 Å². The van der Waals surface area contributed by atoms with Crippen molar-refractivity contribution in [2.75, 3.05) is 5.73 Å². The highest BCUT2D eigenvalue weighted by molar-refractivity contribution is 14.1. The maximum atomic E-state index is 6.01. The van der Waals surface area contributed by atoms with Gasteiger partial charge in [-0.05, 0) is 47.1 Å². The molecule has 3 rings (SSSR count). The Labute approximate surface area is 134 Å². The Morgan fingerprint density at radius 1 is 1.26 bits per heavy atom. The number of anilines is 1. The molecule has 1 aromatic heterocycles. The zero-order chi connectivity index (χ0) is 13.4. The van der Waals surface area contributed by atoms with Gasteiger partial charge in [0.1, 0.15) is 11.6 Å². The molecular formula is C14H13BrIN3. The number of nitrogens with two attached hydrogens (primary N) is 1. The molecule has 98 valence electrons. The Kier molecular flexibility index (Phi) is 3.75. The number of halogens is 2. The highest BCUT2D eigenvalue weighted by Gasteiger charge is 2.29. The summed E-state index contributed by atoms with van der Waals surface area (Å²) in [4.78, 5) is 9.13. The monoisotopic (exact) mass is 429 g/mol. The zero-order valence-corrected chi connectivity index (χ0v) is 14.0. The summed E-state index contributed by atoms with van der Waals surface area (Å²) in [6, 6.07) is 8.15. The molecule has 2 N–H and O–H groups in total. The molecule has 1 aromatic carbocycles. The van der Waals surface area contributed by atoms with Crippen molar-refractivity contribution in [3.8, 4) is 0 Å². The molecule has 1 aliphatic carbocycles. The summed E-state index contributed by atoms with van der Waals surface area (Å²) in [5.74, 6) is 2.02. The van der Waals surface area contributed by atoms with Crippen LogP contribution in [0.4, 0.5) is 5.82 Å². The lowest BCUT2D eigenvalue weighted by Gasteiger charge is -2.09. The van der Waals surface area contributed by atoms with Crippen molar-refractivity contribution < 1.29 is 0 Å². The maximum Gasteiger partial charge on any atom is 0.140 e. The second kappa shape index (κ2) is 5.36. The zero-order valence-electron chi connectivity index (χ0n) is 10.2. The van der Waals surface area contributed by atoms with Gasteiger partial charge in [-0.15, -0.1) is 0 Å². The summed E-state index contributed by atoms with van der Waals surface area (Å²) in [7, 11) is 0. The van der Waals surface area contributed by atoms with Crippen LogP contribution in [0.25, 0.3) is 0 Å². The Balaban J connectivity index is 1.95. The predicted molar refractivity (Wildman–Crippen MR) is 88.1 cm³/mol. The summed E-state index contributed by atoms with van der Waals surface area (Å²) in [5.41, 5.74) is 8.33. The first-order valence-electron chi connectivity index (χ1n) is 6.20. The van der Waals surface area contributed by atoms with Gasteiger partial charge in [-0.1, -0.05) is 34.1 Å². The summed E-state index contributed by atoms with van der Waals surface area (Å²) >= 11 is 5.81. The van der Waals surface area contributed by atoms with E-state index >= 15 is 0 Å². The third-order valence-electron chi connectivity index (χ3n) is 3.22. The van der Waals surface area contributed by atoms with Crippen LogP contribution < -0.4 is 5.73 Å². The summed E-state index contributed by atoms with van der Waals surface area (Å²) < 4.78 is 2.11. The molecule has 0 aliphatic heterocycles. The Bertz CT molecular complexity index is 626. The molecule has 0 radical (unpaired) electrons. The number of hydrogen-bond donors (Lipinski definition) is 1. The second-order valence-electron chi connectivity index (χ2n) is 4.77. The standard InChI is InChI=1S/C14H13BrIN3/c15-10-4-2-1-3-9(10)7-11-18-13(8-5-6-8)12(16)14(17)19-11/h1-4,8H,5-7H2,(H2,17,18,19). The largest absolute Gasteiger partial charge is 0.383 e. The van der Waals surface area contributed by atoms with E-state index in [-0.39, 0.29) is 0 Å². The minimum Gasteiger partial charge on any atom is -0.383 e. The lowest BCUT2D eigenvalue weighted by atomic mass is 10.1. The normalized spacial score (nSPS) is 14.6. The van der Waals surface area contributed by atoms with E-state index in [9.17, 15) is 0 Å². The minimum absolute atomic E-state index is 0.593. The van der Waals surface area contributed by atoms with Gasteiger partial charge >= 0.3 is 0 Å². The molecule has 1 heterocycles. The number of nitrogens with zero attached hydrogens (tertiary/aromatic N) is 2. The van der Waals surface area contributed by atoms with Crippen LogP contribution in [0.5, 0.6) is 0 Å². The second-order valence-corrected chi connectivity index (χ2v) is 6.70. The average molecular weight is 430 g/mol. The molecule has 1 aliphatic rings. The highest BCUT2D eigenvalue weighted by atomic mass is 127. The average Bonchev–Trinajstić information content (AvgIpc) is 3.20. The molecule has 5 heteroatoms. The third kappa shape index (κ3) is 2.91. The van der Waals surface area contributed by atoms with Crippen LogP contribution in [-0.4, -0.2) is 9.97 Å². The van der Waals surface area contributed by atoms with Crippen molar-refractivity contribution in [2.45, 2.75) is 25.2 Å². The maximum absolute atomic E-state index is 6.01. The Morgan fingerprint density at radius 3 is 2.68 bits per heavy atom. The van der Waals surface area contributed by atoms with Gasteiger partial charge in [-0.2, -0.15) is 0 Å². The van der Waals surface area contributed by atoms with Crippen molar-refractivity contribution in [3.63, 3.8) is 0 Å². The quantitative estimate of drug-likeness (QED) is 0.753. The molecule has 1 saturated carbocycles. The van der Waals surface area contributed by atoms with Gasteiger partial charge in [0.15, 0.2) is 0 Å². The SMILES string of the molecule is Nc1nc(Cc2ccccc2Br)nc(C2CC2)c1I. The molecule has 19 heavy (non-hydrogen) atoms. The highest BCUT2D eigenvalue weighted by Crippen LogP contribution is 2.42. The molecule has 1 fully saturated rings. The molecule has 0 bridgehead atoms. The van der Waals surface area contributed by atoms with Crippen LogP contribution in [0, 0.1) is 3.57 Å². The first-order valence-corrected chi connectivity index (χ1v) is 8.07. The van der Waals surface area contributed by atoms with Gasteiger partial charge in [0.2, 0.25) is 0 Å². The van der Waals surface area contributed by atoms with Gasteiger partial charge in [-0.25, -0.2) is 9.97 Å². The van der Waals surface area contributed by atoms with Crippen molar-refractivity contribution in [1.82, 2.24) is 9.97 Å². The molecule has 0 atom stereocenters. The first-order chi connectivity index (χ1) is 9.15. The van der Waals surface area contributed by atoms with E-state index in [0.29, 0.717) is 18.2 Å². The number of nitrogen functional groups attached to an aromatic ring is 1. The first kappa shape index (κ1) is 13.3. The van der Waals surface area contributed by atoms with E-state index in [1.807, 2.05) is 18.2 Å². The van der Waals surface area contributed by atoms with E-state index in [1.165, 1.54) is 18.4 Å². The van der Waals surface area contributed by atoms with Crippen LogP contribution >= 0.6 is 38.5 Å². The molecule has 2 aromatic rings. The fourth-order valence-corrected chi connectivity index (χ4v) is 3.16. The number of rotatable bonds is 3. The predicted octanol–water partition coefficient (Wildman–Crippen LogP) is 3.89. The van der Waals surface area contributed by atoms with Crippen molar-refractivity contribution in [1.29, 1.82) is 0 Å². The summed E-state index contributed by atoms with van der Waals surface area (Å²) in [6.07, 6.45) is 3.16. The molecular weight excluding hydrogens is 417 g/mol. The topological polar surface area (TPSA) is 51.8 Å². The molecule has 0 saturated heterocycles. The lowest BCUT2D eigenvalue weighted by molar-refractivity contribution is 0.893. The van der Waals surface area contributed by atoms with Gasteiger partial charge in [0.25, 0.3) is 0 Å². The molecule has 0 unspecified atom stereocenters. The van der Waals surface area contributed by atoms with E-state index in [1.54, 1.807) is 0 Å². The van der Waals surface area contributed by atoms with Crippen molar-refractivity contribution in [2.24, 2.45) is 0 Å².